The maximum atomic E-state index is 12.1. The lowest BCUT2D eigenvalue weighted by Crippen LogP contribution is -2.40. The lowest BCUT2D eigenvalue weighted by atomic mass is 10.1. The predicted molar refractivity (Wildman–Crippen MR) is 81.5 cm³/mol. The summed E-state index contributed by atoms with van der Waals surface area (Å²) in [5.74, 6) is -0.367. The summed E-state index contributed by atoms with van der Waals surface area (Å²) in [7, 11) is 1.56. The van der Waals surface area contributed by atoms with Crippen molar-refractivity contribution < 1.29 is 9.59 Å². The van der Waals surface area contributed by atoms with Crippen LogP contribution in [0.5, 0.6) is 0 Å². The third-order valence-corrected chi connectivity index (χ3v) is 4.89. The number of Topliss-reactive ketones (excluding diaryl/α,β-unsaturated/α-hetero) is 1. The van der Waals surface area contributed by atoms with Crippen LogP contribution in [0.25, 0.3) is 0 Å². The lowest BCUT2D eigenvalue weighted by molar-refractivity contribution is 0.0964. The fourth-order valence-corrected chi connectivity index (χ4v) is 3.53. The van der Waals surface area contributed by atoms with Crippen molar-refractivity contribution in [1.82, 2.24) is 5.32 Å². The van der Waals surface area contributed by atoms with E-state index in [9.17, 15) is 9.59 Å². The average Bonchev–Trinajstić information content (AvgIpc) is 2.76. The van der Waals surface area contributed by atoms with E-state index in [1.807, 2.05) is 0 Å². The Labute approximate surface area is 122 Å². The van der Waals surface area contributed by atoms with E-state index in [1.165, 1.54) is 18.3 Å². The minimum Gasteiger partial charge on any atom is -0.397 e. The molecule has 1 saturated heterocycles. The first-order valence-corrected chi connectivity index (χ1v) is 7.43. The highest BCUT2D eigenvalue weighted by atomic mass is 32.1. The first kappa shape index (κ1) is 14.8. The van der Waals surface area contributed by atoms with Gasteiger partial charge in [-0.3, -0.25) is 9.59 Å². The molecule has 6 nitrogen and oxygen atoms in total. The molecule has 0 spiro atoms. The summed E-state index contributed by atoms with van der Waals surface area (Å²) in [4.78, 5) is 26.2. The number of amides is 1. The van der Waals surface area contributed by atoms with Gasteiger partial charge in [0.25, 0.3) is 5.91 Å². The van der Waals surface area contributed by atoms with Crippen molar-refractivity contribution in [3.8, 4) is 0 Å². The van der Waals surface area contributed by atoms with Gasteiger partial charge in [0.2, 0.25) is 0 Å². The van der Waals surface area contributed by atoms with Crippen LogP contribution >= 0.6 is 11.3 Å². The average molecular weight is 296 g/mol. The number of hydrogen-bond acceptors (Lipinski definition) is 6. The van der Waals surface area contributed by atoms with Gasteiger partial charge in [0.15, 0.2) is 5.78 Å². The Morgan fingerprint density at radius 2 is 1.95 bits per heavy atom. The van der Waals surface area contributed by atoms with Gasteiger partial charge in [0.1, 0.15) is 5.00 Å². The third-order valence-electron chi connectivity index (χ3n) is 3.53. The van der Waals surface area contributed by atoms with E-state index in [2.05, 4.69) is 10.2 Å². The molecule has 0 radical (unpaired) electrons. The summed E-state index contributed by atoms with van der Waals surface area (Å²) in [6.07, 6.45) is 1.75. The Balaban J connectivity index is 2.43. The van der Waals surface area contributed by atoms with Gasteiger partial charge in [0, 0.05) is 33.1 Å². The molecule has 0 unspecified atom stereocenters. The summed E-state index contributed by atoms with van der Waals surface area (Å²) >= 11 is 1.30. The van der Waals surface area contributed by atoms with Crippen LogP contribution in [0.4, 0.5) is 10.7 Å². The molecule has 1 aliphatic heterocycles. The van der Waals surface area contributed by atoms with Crippen molar-refractivity contribution in [2.24, 2.45) is 5.73 Å². The molecule has 1 fully saturated rings. The van der Waals surface area contributed by atoms with E-state index < -0.39 is 0 Å². The Kier molecular flexibility index (Phi) is 4.29. The van der Waals surface area contributed by atoms with Crippen LogP contribution in [0.15, 0.2) is 0 Å². The van der Waals surface area contributed by atoms with Gasteiger partial charge in [-0.05, 0) is 12.8 Å². The summed E-state index contributed by atoms with van der Waals surface area (Å²) < 4.78 is 0. The number of hydrogen-bond donors (Lipinski definition) is 3. The quantitative estimate of drug-likeness (QED) is 0.717. The third kappa shape index (κ3) is 2.64. The molecule has 2 rings (SSSR count). The van der Waals surface area contributed by atoms with Crippen LogP contribution in [-0.4, -0.2) is 37.9 Å². The van der Waals surface area contributed by atoms with Crippen LogP contribution in [0.2, 0.25) is 0 Å². The van der Waals surface area contributed by atoms with Crippen molar-refractivity contribution in [2.45, 2.75) is 25.8 Å². The number of carbonyl (C=O) groups excluding carboxylic acids is 2. The summed E-state index contributed by atoms with van der Waals surface area (Å²) in [5, 5.41) is 3.36. The number of rotatable bonds is 3. The number of carbonyl (C=O) groups is 2. The molecule has 0 bridgehead atoms. The van der Waals surface area contributed by atoms with Gasteiger partial charge < -0.3 is 21.7 Å². The molecule has 110 valence electrons. The zero-order valence-electron chi connectivity index (χ0n) is 11.7. The molecule has 0 aromatic carbocycles. The number of nitrogen functional groups attached to an aromatic ring is 1. The second-order valence-electron chi connectivity index (χ2n) is 4.98. The van der Waals surface area contributed by atoms with E-state index in [-0.39, 0.29) is 23.4 Å². The molecule has 1 amide bonds. The number of piperidine rings is 1. The van der Waals surface area contributed by atoms with Gasteiger partial charge in [-0.15, -0.1) is 11.3 Å². The maximum Gasteiger partial charge on any atom is 0.256 e. The standard InChI is InChI=1S/C13H20N4O2S/c1-7(18)11-10(15)9(12(19)16-2)13(20-11)17-5-3-8(14)4-6-17/h8H,3-6,14-15H2,1-2H3,(H,16,19). The van der Waals surface area contributed by atoms with Crippen LogP contribution in [0.3, 0.4) is 0 Å². The van der Waals surface area contributed by atoms with Crippen molar-refractivity contribution in [3.05, 3.63) is 10.4 Å². The van der Waals surface area contributed by atoms with Crippen molar-refractivity contribution in [1.29, 1.82) is 0 Å². The smallest absolute Gasteiger partial charge is 0.256 e. The molecule has 1 aliphatic rings. The Morgan fingerprint density at radius 3 is 2.45 bits per heavy atom. The molecule has 0 aliphatic carbocycles. The van der Waals surface area contributed by atoms with Crippen molar-refractivity contribution in [2.75, 3.05) is 30.8 Å². The largest absolute Gasteiger partial charge is 0.397 e. The minimum atomic E-state index is -0.254. The monoisotopic (exact) mass is 296 g/mol. The Hall–Kier alpha value is -1.60. The summed E-state index contributed by atoms with van der Waals surface area (Å²) in [6, 6.07) is 0.208. The first-order valence-electron chi connectivity index (χ1n) is 6.61. The van der Waals surface area contributed by atoms with E-state index >= 15 is 0 Å². The molecule has 5 N–H and O–H groups in total. The molecule has 1 aromatic heterocycles. The van der Waals surface area contributed by atoms with Crippen LogP contribution in [-0.2, 0) is 0 Å². The number of thiophene rings is 1. The first-order chi connectivity index (χ1) is 9.45. The fraction of sp³-hybridized carbons (Fsp3) is 0.538. The molecule has 2 heterocycles. The van der Waals surface area contributed by atoms with E-state index in [0.29, 0.717) is 10.4 Å². The molecule has 20 heavy (non-hydrogen) atoms. The molecular weight excluding hydrogens is 276 g/mol. The maximum absolute atomic E-state index is 12.1. The fourth-order valence-electron chi connectivity index (χ4n) is 2.36. The minimum absolute atomic E-state index is 0.113. The van der Waals surface area contributed by atoms with Crippen LogP contribution in [0.1, 0.15) is 39.8 Å². The van der Waals surface area contributed by atoms with Gasteiger partial charge in [0.05, 0.1) is 16.1 Å². The van der Waals surface area contributed by atoms with Gasteiger partial charge >= 0.3 is 0 Å². The normalized spacial score (nSPS) is 16.2. The summed E-state index contributed by atoms with van der Waals surface area (Å²) in [6.45, 7) is 3.02. The summed E-state index contributed by atoms with van der Waals surface area (Å²) in [5.41, 5.74) is 12.6. The number of ketones is 1. The molecule has 7 heteroatoms. The number of nitrogens with two attached hydrogens (primary N) is 2. The Bertz CT molecular complexity index is 533. The van der Waals surface area contributed by atoms with Crippen molar-refractivity contribution in [3.63, 3.8) is 0 Å². The van der Waals surface area contributed by atoms with Crippen LogP contribution in [0, 0.1) is 0 Å². The Morgan fingerprint density at radius 1 is 1.35 bits per heavy atom. The second-order valence-corrected chi connectivity index (χ2v) is 5.98. The highest BCUT2D eigenvalue weighted by Crippen LogP contribution is 2.39. The number of nitrogens with zero attached hydrogens (tertiary/aromatic N) is 1. The zero-order chi connectivity index (χ0) is 14.9. The number of anilines is 2. The van der Waals surface area contributed by atoms with E-state index in [1.54, 1.807) is 7.05 Å². The second kappa shape index (κ2) is 5.80. The van der Waals surface area contributed by atoms with Gasteiger partial charge in [-0.25, -0.2) is 0 Å². The highest BCUT2D eigenvalue weighted by molar-refractivity contribution is 7.19. The van der Waals surface area contributed by atoms with Crippen LogP contribution < -0.4 is 21.7 Å². The van der Waals surface area contributed by atoms with E-state index in [0.717, 1.165) is 30.9 Å². The van der Waals surface area contributed by atoms with E-state index in [4.69, 9.17) is 11.5 Å². The molecular formula is C13H20N4O2S. The predicted octanol–water partition coefficient (Wildman–Crippen LogP) is 0.820. The molecule has 1 aromatic rings. The highest BCUT2D eigenvalue weighted by Gasteiger charge is 2.28. The van der Waals surface area contributed by atoms with Gasteiger partial charge in [-0.2, -0.15) is 0 Å². The topological polar surface area (TPSA) is 101 Å². The SMILES string of the molecule is CNC(=O)c1c(N2CCC(N)CC2)sc(C(C)=O)c1N. The lowest BCUT2D eigenvalue weighted by Gasteiger charge is -2.31. The molecule has 0 atom stereocenters. The zero-order valence-corrected chi connectivity index (χ0v) is 12.5. The number of nitrogens with one attached hydrogen (secondary N) is 1. The molecule has 0 saturated carbocycles. The van der Waals surface area contributed by atoms with Gasteiger partial charge in [-0.1, -0.05) is 0 Å². The van der Waals surface area contributed by atoms with Crippen molar-refractivity contribution >= 4 is 33.7 Å².